The topological polar surface area (TPSA) is 0 Å². The zero-order valence-electron chi connectivity index (χ0n) is 7.68. The van der Waals surface area contributed by atoms with Gasteiger partial charge < -0.3 is 0 Å². The lowest BCUT2D eigenvalue weighted by atomic mass is 9.68. The maximum atomic E-state index is 2.44. The Bertz CT molecular complexity index is 128. The van der Waals surface area contributed by atoms with Crippen LogP contribution >= 0.6 is 0 Å². The predicted molar refractivity (Wildman–Crippen MR) is 48.5 cm³/mol. The van der Waals surface area contributed by atoms with Crippen molar-refractivity contribution in [2.24, 2.45) is 17.8 Å². The molecule has 0 amide bonds. The van der Waals surface area contributed by atoms with Crippen LogP contribution in [0.25, 0.3) is 0 Å². The molecule has 0 aliphatic heterocycles. The van der Waals surface area contributed by atoms with Gasteiger partial charge in [-0.25, -0.2) is 0 Å². The summed E-state index contributed by atoms with van der Waals surface area (Å²) in [6.45, 7) is 2.44. The summed E-state index contributed by atoms with van der Waals surface area (Å²) >= 11 is 0. The van der Waals surface area contributed by atoms with Crippen LogP contribution in [0.15, 0.2) is 0 Å². The van der Waals surface area contributed by atoms with E-state index in [1.165, 1.54) is 19.3 Å². The van der Waals surface area contributed by atoms with Crippen LogP contribution in [0.5, 0.6) is 0 Å². The normalized spacial score (nSPS) is 45.0. The van der Waals surface area contributed by atoms with Crippen molar-refractivity contribution in [2.75, 3.05) is 0 Å². The van der Waals surface area contributed by atoms with E-state index in [0.29, 0.717) is 0 Å². The Kier molecular flexibility index (Phi) is 2.20. The number of hydrogen-bond acceptors (Lipinski definition) is 0. The molecule has 64 valence electrons. The van der Waals surface area contributed by atoms with Gasteiger partial charge in [0, 0.05) is 0 Å². The van der Waals surface area contributed by atoms with Crippen molar-refractivity contribution in [2.45, 2.75) is 51.9 Å². The minimum Gasteiger partial charge on any atom is -0.0625 e. The third-order valence-corrected chi connectivity index (χ3v) is 3.80. The van der Waals surface area contributed by atoms with E-state index in [9.17, 15) is 0 Å². The van der Waals surface area contributed by atoms with Gasteiger partial charge in [-0.05, 0) is 30.6 Å². The Labute approximate surface area is 70.4 Å². The molecular formula is C11H20. The highest BCUT2D eigenvalue weighted by molar-refractivity contribution is 4.81. The predicted octanol–water partition coefficient (Wildman–Crippen LogP) is 3.61. The smallest absolute Gasteiger partial charge is 0.0383 e. The maximum Gasteiger partial charge on any atom is -0.0383 e. The molecule has 0 aromatic carbocycles. The third-order valence-electron chi connectivity index (χ3n) is 3.80. The summed E-state index contributed by atoms with van der Waals surface area (Å²) in [5, 5.41) is 0. The largest absolute Gasteiger partial charge is 0.0625 e. The Morgan fingerprint density at radius 2 is 1.55 bits per heavy atom. The summed E-state index contributed by atoms with van der Waals surface area (Å²) in [7, 11) is 0. The van der Waals surface area contributed by atoms with Crippen LogP contribution in [0.3, 0.4) is 0 Å². The maximum absolute atomic E-state index is 2.44. The molecule has 2 saturated carbocycles. The molecule has 0 heteroatoms. The zero-order chi connectivity index (χ0) is 7.68. The fraction of sp³-hybridized carbons (Fsp3) is 1.00. The van der Waals surface area contributed by atoms with E-state index in [-0.39, 0.29) is 0 Å². The van der Waals surface area contributed by atoms with Gasteiger partial charge >= 0.3 is 0 Å². The molecule has 1 unspecified atom stereocenters. The number of rotatable bonds is 0. The van der Waals surface area contributed by atoms with Gasteiger partial charge in [-0.2, -0.15) is 0 Å². The van der Waals surface area contributed by atoms with Crippen molar-refractivity contribution >= 4 is 0 Å². The van der Waals surface area contributed by atoms with E-state index < -0.39 is 0 Å². The zero-order valence-corrected chi connectivity index (χ0v) is 7.68. The van der Waals surface area contributed by atoms with Gasteiger partial charge in [0.15, 0.2) is 0 Å². The van der Waals surface area contributed by atoms with Crippen LogP contribution in [0.2, 0.25) is 0 Å². The second-order valence-corrected chi connectivity index (χ2v) is 4.72. The lowest BCUT2D eigenvalue weighted by Crippen LogP contribution is -2.26. The Hall–Kier alpha value is 0. The fourth-order valence-corrected chi connectivity index (χ4v) is 3.11. The molecule has 0 spiro atoms. The van der Waals surface area contributed by atoms with Gasteiger partial charge in [0.25, 0.3) is 0 Å². The number of fused-ring (bicyclic) bond motifs is 1. The summed E-state index contributed by atoms with van der Waals surface area (Å²) in [4.78, 5) is 0. The molecule has 0 radical (unpaired) electrons. The SMILES string of the molecule is C[C@@H]1CC[C@H]2CCCCC2C1. The van der Waals surface area contributed by atoms with Gasteiger partial charge in [0.2, 0.25) is 0 Å². The molecule has 0 bridgehead atoms. The molecule has 0 nitrogen and oxygen atoms in total. The second-order valence-electron chi connectivity index (χ2n) is 4.72. The average Bonchev–Trinajstić information content (AvgIpc) is 2.04. The van der Waals surface area contributed by atoms with Gasteiger partial charge in [-0.15, -0.1) is 0 Å². The van der Waals surface area contributed by atoms with E-state index in [1.54, 1.807) is 25.7 Å². The van der Waals surface area contributed by atoms with Crippen LogP contribution in [-0.2, 0) is 0 Å². The van der Waals surface area contributed by atoms with Crippen molar-refractivity contribution in [3.05, 3.63) is 0 Å². The standard InChI is InChI=1S/C11H20/c1-9-6-7-10-4-2-3-5-11(10)8-9/h9-11H,2-8H2,1H3/t9-,10-,11?/m1/s1. The van der Waals surface area contributed by atoms with E-state index >= 15 is 0 Å². The van der Waals surface area contributed by atoms with Crippen molar-refractivity contribution in [3.8, 4) is 0 Å². The van der Waals surface area contributed by atoms with Gasteiger partial charge in [0.1, 0.15) is 0 Å². The highest BCUT2D eigenvalue weighted by atomic mass is 14.4. The van der Waals surface area contributed by atoms with Crippen molar-refractivity contribution < 1.29 is 0 Å². The summed E-state index contributed by atoms with van der Waals surface area (Å²) in [6, 6.07) is 0. The third kappa shape index (κ3) is 1.60. The molecule has 2 fully saturated rings. The molecule has 11 heavy (non-hydrogen) atoms. The highest BCUT2D eigenvalue weighted by Crippen LogP contribution is 2.42. The molecule has 2 aliphatic carbocycles. The lowest BCUT2D eigenvalue weighted by Gasteiger charge is -2.38. The molecule has 3 atom stereocenters. The minimum atomic E-state index is 1.04. The summed E-state index contributed by atoms with van der Waals surface area (Å²) < 4.78 is 0. The molecule has 0 heterocycles. The van der Waals surface area contributed by atoms with E-state index in [1.807, 2.05) is 0 Å². The first-order valence-electron chi connectivity index (χ1n) is 5.36. The molecule has 2 aliphatic rings. The summed E-state index contributed by atoms with van der Waals surface area (Å²) in [5.74, 6) is 3.31. The molecule has 2 rings (SSSR count). The van der Waals surface area contributed by atoms with Gasteiger partial charge in [-0.3, -0.25) is 0 Å². The summed E-state index contributed by atoms with van der Waals surface area (Å²) in [6.07, 6.45) is 10.8. The van der Waals surface area contributed by atoms with E-state index in [4.69, 9.17) is 0 Å². The Balaban J connectivity index is 1.93. The first kappa shape index (κ1) is 7.64. The molecular weight excluding hydrogens is 132 g/mol. The van der Waals surface area contributed by atoms with Crippen LogP contribution in [-0.4, -0.2) is 0 Å². The van der Waals surface area contributed by atoms with Gasteiger partial charge in [-0.1, -0.05) is 39.0 Å². The fourth-order valence-electron chi connectivity index (χ4n) is 3.11. The molecule has 0 aromatic rings. The van der Waals surface area contributed by atoms with Crippen LogP contribution in [0.4, 0.5) is 0 Å². The Morgan fingerprint density at radius 3 is 2.36 bits per heavy atom. The van der Waals surface area contributed by atoms with E-state index in [0.717, 1.165) is 17.8 Å². The quantitative estimate of drug-likeness (QED) is 0.497. The Morgan fingerprint density at radius 1 is 0.818 bits per heavy atom. The van der Waals surface area contributed by atoms with Gasteiger partial charge in [0.05, 0.1) is 0 Å². The molecule has 0 N–H and O–H groups in total. The van der Waals surface area contributed by atoms with Crippen molar-refractivity contribution in [3.63, 3.8) is 0 Å². The minimum absolute atomic E-state index is 1.04. The molecule has 0 aromatic heterocycles. The number of hydrogen-bond donors (Lipinski definition) is 0. The highest BCUT2D eigenvalue weighted by Gasteiger charge is 2.29. The first-order chi connectivity index (χ1) is 5.36. The average molecular weight is 152 g/mol. The van der Waals surface area contributed by atoms with Crippen molar-refractivity contribution in [1.29, 1.82) is 0 Å². The van der Waals surface area contributed by atoms with Crippen LogP contribution in [0.1, 0.15) is 51.9 Å². The van der Waals surface area contributed by atoms with Crippen molar-refractivity contribution in [1.82, 2.24) is 0 Å². The van der Waals surface area contributed by atoms with E-state index in [2.05, 4.69) is 6.92 Å². The first-order valence-corrected chi connectivity index (χ1v) is 5.36. The van der Waals surface area contributed by atoms with Crippen LogP contribution < -0.4 is 0 Å². The second kappa shape index (κ2) is 3.16. The molecule has 0 saturated heterocycles. The van der Waals surface area contributed by atoms with Crippen LogP contribution in [0, 0.1) is 17.8 Å². The summed E-state index contributed by atoms with van der Waals surface area (Å²) in [5.41, 5.74) is 0. The monoisotopic (exact) mass is 152 g/mol. The lowest BCUT2D eigenvalue weighted by molar-refractivity contribution is 0.137.